The van der Waals surface area contributed by atoms with Crippen LogP contribution in [0.3, 0.4) is 0 Å². The van der Waals surface area contributed by atoms with Crippen LogP contribution in [-0.2, 0) is 4.74 Å². The molecule has 7 rings (SSSR count). The third-order valence-corrected chi connectivity index (χ3v) is 8.42. The highest BCUT2D eigenvalue weighted by Crippen LogP contribution is 2.49. The van der Waals surface area contributed by atoms with Crippen molar-refractivity contribution >= 4 is 90.9 Å². The number of carbonyl (C=O) groups excluding carboxylic acids is 1. The maximum atomic E-state index is 12.9. The van der Waals surface area contributed by atoms with Crippen molar-refractivity contribution in [3.63, 3.8) is 0 Å². The normalized spacial score (nSPS) is 12.2. The van der Waals surface area contributed by atoms with Crippen molar-refractivity contribution in [2.45, 2.75) is 0 Å². The molecule has 31 heavy (non-hydrogen) atoms. The van der Waals surface area contributed by atoms with Gasteiger partial charge in [0.25, 0.3) is 0 Å². The standard InChI is InChI=1S/C26H15NO2S2/c1-29-26(28)27-24-22(20-16-8-4-2-6-14(16)10-12-18(20)30-24)23-21-17-9-5-3-7-15(17)11-13-19(21)31-25(23)27/h2-13H,1H3. The largest absolute Gasteiger partial charge is 0.452 e. The van der Waals surface area contributed by atoms with Crippen LogP contribution in [0.1, 0.15) is 0 Å². The zero-order chi connectivity index (χ0) is 20.7. The van der Waals surface area contributed by atoms with Crippen LogP contribution in [0.2, 0.25) is 0 Å². The van der Waals surface area contributed by atoms with Gasteiger partial charge in [0, 0.05) is 30.9 Å². The van der Waals surface area contributed by atoms with Crippen molar-refractivity contribution in [3.05, 3.63) is 72.8 Å². The molecule has 0 spiro atoms. The molecule has 0 bridgehead atoms. The first-order chi connectivity index (χ1) is 15.3. The molecule has 3 aromatic heterocycles. The average molecular weight is 438 g/mol. The van der Waals surface area contributed by atoms with E-state index in [-0.39, 0.29) is 6.09 Å². The number of aromatic nitrogens is 1. The van der Waals surface area contributed by atoms with Crippen molar-refractivity contribution in [3.8, 4) is 0 Å². The predicted molar refractivity (Wildman–Crippen MR) is 133 cm³/mol. The quantitative estimate of drug-likeness (QED) is 0.240. The number of hydrogen-bond acceptors (Lipinski definition) is 4. The third kappa shape index (κ3) is 2.14. The number of thiophene rings is 2. The molecule has 0 saturated carbocycles. The zero-order valence-electron chi connectivity index (χ0n) is 16.5. The Kier molecular flexibility index (Phi) is 3.38. The fourth-order valence-corrected chi connectivity index (χ4v) is 7.34. The zero-order valence-corrected chi connectivity index (χ0v) is 18.1. The van der Waals surface area contributed by atoms with E-state index in [0.29, 0.717) is 0 Å². The van der Waals surface area contributed by atoms with Crippen LogP contribution in [0, 0.1) is 0 Å². The van der Waals surface area contributed by atoms with E-state index in [1.807, 2.05) is 0 Å². The highest BCUT2D eigenvalue weighted by molar-refractivity contribution is 7.29. The third-order valence-electron chi connectivity index (χ3n) is 6.14. The fraction of sp³-hybridized carbons (Fsp3) is 0.0385. The number of nitrogens with zero attached hydrogens (tertiary/aromatic N) is 1. The summed E-state index contributed by atoms with van der Waals surface area (Å²) in [6.07, 6.45) is -0.341. The molecule has 3 heterocycles. The first kappa shape index (κ1) is 17.3. The summed E-state index contributed by atoms with van der Waals surface area (Å²) in [5.41, 5.74) is 0. The Balaban J connectivity index is 1.85. The average Bonchev–Trinajstić information content (AvgIpc) is 3.45. The second-order valence-electron chi connectivity index (χ2n) is 7.69. The Bertz CT molecular complexity index is 1720. The minimum absolute atomic E-state index is 0.341. The molecule has 0 N–H and O–H groups in total. The number of benzene rings is 4. The Morgan fingerprint density at radius 1 is 0.677 bits per heavy atom. The van der Waals surface area contributed by atoms with Gasteiger partial charge in [0.15, 0.2) is 0 Å². The summed E-state index contributed by atoms with van der Waals surface area (Å²) < 4.78 is 9.35. The molecule has 0 saturated heterocycles. The van der Waals surface area contributed by atoms with E-state index >= 15 is 0 Å². The Morgan fingerprint density at radius 2 is 1.16 bits per heavy atom. The molecule has 7 aromatic rings. The van der Waals surface area contributed by atoms with Crippen molar-refractivity contribution < 1.29 is 9.53 Å². The van der Waals surface area contributed by atoms with Gasteiger partial charge in [-0.15, -0.1) is 22.7 Å². The van der Waals surface area contributed by atoms with Gasteiger partial charge in [0.1, 0.15) is 9.66 Å². The number of ether oxygens (including phenoxy) is 1. The minimum Gasteiger partial charge on any atom is -0.452 e. The van der Waals surface area contributed by atoms with E-state index in [9.17, 15) is 4.79 Å². The number of methoxy groups -OCH3 is 1. The molecule has 0 radical (unpaired) electrons. The number of carbonyl (C=O) groups is 1. The van der Waals surface area contributed by atoms with Gasteiger partial charge in [-0.25, -0.2) is 9.36 Å². The van der Waals surface area contributed by atoms with Gasteiger partial charge in [0.2, 0.25) is 0 Å². The highest BCUT2D eigenvalue weighted by Gasteiger charge is 2.26. The smallest absolute Gasteiger partial charge is 0.420 e. The summed E-state index contributed by atoms with van der Waals surface area (Å²) in [6.45, 7) is 0. The van der Waals surface area contributed by atoms with Crippen molar-refractivity contribution in [1.82, 2.24) is 4.57 Å². The molecule has 0 fully saturated rings. The molecule has 5 heteroatoms. The first-order valence-electron chi connectivity index (χ1n) is 10.0. The van der Waals surface area contributed by atoms with Crippen LogP contribution in [0.25, 0.3) is 62.2 Å². The van der Waals surface area contributed by atoms with E-state index in [4.69, 9.17) is 4.74 Å². The van der Waals surface area contributed by atoms with Gasteiger partial charge in [0.05, 0.1) is 7.11 Å². The Hall–Kier alpha value is -3.41. The summed E-state index contributed by atoms with van der Waals surface area (Å²) >= 11 is 3.32. The van der Waals surface area contributed by atoms with E-state index in [2.05, 4.69) is 72.8 Å². The van der Waals surface area contributed by atoms with Gasteiger partial charge in [-0.05, 0) is 33.7 Å². The molecule has 0 aliphatic rings. The molecule has 3 nitrogen and oxygen atoms in total. The van der Waals surface area contributed by atoms with Crippen LogP contribution in [0.15, 0.2) is 72.8 Å². The maximum absolute atomic E-state index is 12.9. The van der Waals surface area contributed by atoms with Gasteiger partial charge in [-0.3, -0.25) is 0 Å². The van der Waals surface area contributed by atoms with Gasteiger partial charge in [-0.1, -0.05) is 60.7 Å². The monoisotopic (exact) mass is 437 g/mol. The molecule has 0 aliphatic heterocycles. The van der Waals surface area contributed by atoms with E-state index in [1.165, 1.54) is 48.8 Å². The summed E-state index contributed by atoms with van der Waals surface area (Å²) in [6, 6.07) is 25.6. The Morgan fingerprint density at radius 3 is 1.65 bits per heavy atom. The lowest BCUT2D eigenvalue weighted by atomic mass is 10.0. The summed E-state index contributed by atoms with van der Waals surface area (Å²) in [4.78, 5) is 14.8. The summed E-state index contributed by atoms with van der Waals surface area (Å²) in [7, 11) is 1.45. The van der Waals surface area contributed by atoms with E-state index in [0.717, 1.165) is 20.4 Å². The molecule has 0 aliphatic carbocycles. The number of rotatable bonds is 0. The SMILES string of the molecule is COC(=O)n1c2sc3ccc4ccccc4c3c2c2c3c(ccc4ccccc43)sc21. The first-order valence-corrected chi connectivity index (χ1v) is 11.7. The lowest BCUT2D eigenvalue weighted by molar-refractivity contribution is 0.175. The Labute approximate surface area is 184 Å². The molecule has 4 aromatic carbocycles. The number of hydrogen-bond donors (Lipinski definition) is 0. The maximum Gasteiger partial charge on any atom is 0.420 e. The van der Waals surface area contributed by atoms with Crippen LogP contribution in [0.4, 0.5) is 4.79 Å². The van der Waals surface area contributed by atoms with Crippen molar-refractivity contribution in [1.29, 1.82) is 0 Å². The highest BCUT2D eigenvalue weighted by atomic mass is 32.1. The van der Waals surface area contributed by atoms with Crippen LogP contribution >= 0.6 is 22.7 Å². The molecule has 0 unspecified atom stereocenters. The lowest BCUT2D eigenvalue weighted by Crippen LogP contribution is -2.09. The van der Waals surface area contributed by atoms with Gasteiger partial charge in [-0.2, -0.15) is 0 Å². The van der Waals surface area contributed by atoms with E-state index < -0.39 is 0 Å². The van der Waals surface area contributed by atoms with Crippen LogP contribution < -0.4 is 0 Å². The second kappa shape index (κ2) is 6.06. The molecule has 0 atom stereocenters. The van der Waals surface area contributed by atoms with Crippen molar-refractivity contribution in [2.75, 3.05) is 7.11 Å². The second-order valence-corrected chi connectivity index (χ2v) is 9.75. The van der Waals surface area contributed by atoms with Crippen molar-refractivity contribution in [2.24, 2.45) is 0 Å². The van der Waals surface area contributed by atoms with Gasteiger partial charge >= 0.3 is 6.09 Å². The predicted octanol–water partition coefficient (Wildman–Crippen LogP) is 8.14. The van der Waals surface area contributed by atoms with E-state index in [1.54, 1.807) is 27.2 Å². The summed E-state index contributed by atoms with van der Waals surface area (Å²) in [5, 5.41) is 9.59. The van der Waals surface area contributed by atoms with Gasteiger partial charge < -0.3 is 4.74 Å². The number of fused-ring (bicyclic) bond motifs is 11. The topological polar surface area (TPSA) is 31.2 Å². The fourth-order valence-electron chi connectivity index (χ4n) is 4.84. The molecule has 148 valence electrons. The van der Waals surface area contributed by atoms with Crippen LogP contribution in [0.5, 0.6) is 0 Å². The molecular formula is C26H15NO2S2. The lowest BCUT2D eigenvalue weighted by Gasteiger charge is -2.01. The molecular weight excluding hydrogens is 422 g/mol. The molecule has 0 amide bonds. The summed E-state index contributed by atoms with van der Waals surface area (Å²) in [5.74, 6) is 0. The minimum atomic E-state index is -0.341. The van der Waals surface area contributed by atoms with Crippen LogP contribution in [-0.4, -0.2) is 17.8 Å².